The van der Waals surface area contributed by atoms with Gasteiger partial charge in [-0.1, -0.05) is 30.3 Å². The van der Waals surface area contributed by atoms with E-state index < -0.39 is 6.04 Å². The Morgan fingerprint density at radius 2 is 1.95 bits per heavy atom. The number of nitrogens with two attached hydrogens (primary N) is 1. The van der Waals surface area contributed by atoms with E-state index in [-0.39, 0.29) is 5.91 Å². The average Bonchev–Trinajstić information content (AvgIpc) is 2.77. The summed E-state index contributed by atoms with van der Waals surface area (Å²) in [6.45, 7) is 2.54. The highest BCUT2D eigenvalue weighted by Crippen LogP contribution is 2.06. The first kappa shape index (κ1) is 14.3. The number of nitrogens with zero attached hydrogens (tertiary/aromatic N) is 1. The molecule has 1 heterocycles. The molecule has 1 aromatic heterocycles. The zero-order valence-corrected chi connectivity index (χ0v) is 12.0. The minimum absolute atomic E-state index is 0.118. The first-order valence-electron chi connectivity index (χ1n) is 6.76. The van der Waals surface area contributed by atoms with Crippen molar-refractivity contribution in [2.24, 2.45) is 12.8 Å². The molecule has 0 aliphatic rings. The molecule has 0 saturated carbocycles. The number of hydrogen-bond acceptors (Lipinski definition) is 2. The second-order valence-electron chi connectivity index (χ2n) is 5.04. The van der Waals surface area contributed by atoms with E-state index >= 15 is 0 Å². The van der Waals surface area contributed by atoms with Gasteiger partial charge in [-0.2, -0.15) is 0 Å². The molecule has 2 rings (SSSR count). The summed E-state index contributed by atoms with van der Waals surface area (Å²) in [5.41, 5.74) is 9.25. The Morgan fingerprint density at radius 3 is 2.55 bits per heavy atom. The van der Waals surface area contributed by atoms with Crippen LogP contribution in [0.15, 0.2) is 42.5 Å². The number of hydrogen-bond donors (Lipinski definition) is 2. The summed E-state index contributed by atoms with van der Waals surface area (Å²) in [5.74, 6) is -0.118. The average molecular weight is 271 g/mol. The first-order valence-corrected chi connectivity index (χ1v) is 6.76. The largest absolute Gasteiger partial charge is 0.350 e. The number of aromatic nitrogens is 1. The quantitative estimate of drug-likeness (QED) is 0.866. The van der Waals surface area contributed by atoms with Gasteiger partial charge < -0.3 is 15.6 Å². The summed E-state index contributed by atoms with van der Waals surface area (Å²) in [4.78, 5) is 12.0. The van der Waals surface area contributed by atoms with Crippen molar-refractivity contribution in [3.63, 3.8) is 0 Å². The van der Waals surface area contributed by atoms with Crippen molar-refractivity contribution < 1.29 is 4.79 Å². The van der Waals surface area contributed by atoms with Crippen LogP contribution in [0.4, 0.5) is 0 Å². The van der Waals surface area contributed by atoms with Crippen LogP contribution in [-0.4, -0.2) is 16.5 Å². The van der Waals surface area contributed by atoms with E-state index in [1.807, 2.05) is 56.4 Å². The summed E-state index contributed by atoms with van der Waals surface area (Å²) in [5, 5.41) is 2.89. The Kier molecular flexibility index (Phi) is 4.58. The van der Waals surface area contributed by atoms with Crippen LogP contribution in [0.5, 0.6) is 0 Å². The van der Waals surface area contributed by atoms with Crippen LogP contribution >= 0.6 is 0 Å². The zero-order chi connectivity index (χ0) is 14.5. The second-order valence-corrected chi connectivity index (χ2v) is 5.04. The molecule has 0 spiro atoms. The summed E-state index contributed by atoms with van der Waals surface area (Å²) < 4.78 is 2.06. The number of rotatable bonds is 5. The van der Waals surface area contributed by atoms with Gasteiger partial charge in [0.05, 0.1) is 12.6 Å². The molecule has 4 heteroatoms. The van der Waals surface area contributed by atoms with Crippen molar-refractivity contribution in [3.05, 3.63) is 59.4 Å². The van der Waals surface area contributed by atoms with Crippen LogP contribution in [-0.2, 0) is 24.8 Å². The highest BCUT2D eigenvalue weighted by molar-refractivity contribution is 5.81. The van der Waals surface area contributed by atoms with Crippen molar-refractivity contribution in [2.45, 2.75) is 25.9 Å². The Labute approximate surface area is 119 Å². The van der Waals surface area contributed by atoms with E-state index in [9.17, 15) is 4.79 Å². The predicted octanol–water partition coefficient (Wildman–Crippen LogP) is 1.52. The molecule has 2 aromatic rings. The first-order chi connectivity index (χ1) is 9.58. The van der Waals surface area contributed by atoms with Gasteiger partial charge in [0.2, 0.25) is 5.91 Å². The summed E-state index contributed by atoms with van der Waals surface area (Å²) in [6.07, 6.45) is 0.554. The van der Waals surface area contributed by atoms with Crippen molar-refractivity contribution in [1.82, 2.24) is 9.88 Å². The Bertz CT molecular complexity index is 575. The van der Waals surface area contributed by atoms with Crippen LogP contribution < -0.4 is 11.1 Å². The van der Waals surface area contributed by atoms with Crippen molar-refractivity contribution in [3.8, 4) is 0 Å². The monoisotopic (exact) mass is 271 g/mol. The molecule has 0 unspecified atom stereocenters. The SMILES string of the molecule is Cc1ccc(CNC(=O)[C@H](N)Cc2ccccc2)n1C. The molecule has 3 N–H and O–H groups in total. The second kappa shape index (κ2) is 6.39. The minimum Gasteiger partial charge on any atom is -0.350 e. The predicted molar refractivity (Wildman–Crippen MR) is 80.1 cm³/mol. The maximum absolute atomic E-state index is 12.0. The Hall–Kier alpha value is -2.07. The zero-order valence-electron chi connectivity index (χ0n) is 12.0. The number of carbonyl (C=O) groups is 1. The van der Waals surface area contributed by atoms with Gasteiger partial charge in [0.1, 0.15) is 0 Å². The molecule has 0 fully saturated rings. The lowest BCUT2D eigenvalue weighted by atomic mass is 10.1. The van der Waals surface area contributed by atoms with Gasteiger partial charge in [0.25, 0.3) is 0 Å². The van der Waals surface area contributed by atoms with E-state index in [2.05, 4.69) is 9.88 Å². The van der Waals surface area contributed by atoms with Gasteiger partial charge in [0, 0.05) is 18.4 Å². The van der Waals surface area contributed by atoms with Gasteiger partial charge >= 0.3 is 0 Å². The molecule has 1 atom stereocenters. The highest BCUT2D eigenvalue weighted by Gasteiger charge is 2.14. The van der Waals surface area contributed by atoms with E-state index in [4.69, 9.17) is 5.73 Å². The number of amides is 1. The normalized spacial score (nSPS) is 12.2. The maximum Gasteiger partial charge on any atom is 0.237 e. The fourth-order valence-corrected chi connectivity index (χ4v) is 2.11. The van der Waals surface area contributed by atoms with Crippen LogP contribution in [0, 0.1) is 6.92 Å². The molecule has 106 valence electrons. The lowest BCUT2D eigenvalue weighted by Gasteiger charge is -2.13. The molecular weight excluding hydrogens is 250 g/mol. The van der Waals surface area contributed by atoms with Gasteiger partial charge in [0.15, 0.2) is 0 Å². The molecule has 1 amide bonds. The van der Waals surface area contributed by atoms with Gasteiger partial charge in [-0.15, -0.1) is 0 Å². The third-order valence-electron chi connectivity index (χ3n) is 3.56. The molecule has 0 aliphatic heterocycles. The molecule has 0 bridgehead atoms. The molecule has 0 radical (unpaired) electrons. The number of carbonyl (C=O) groups excluding carboxylic acids is 1. The Morgan fingerprint density at radius 1 is 1.25 bits per heavy atom. The van der Waals surface area contributed by atoms with Crippen molar-refractivity contribution >= 4 is 5.91 Å². The summed E-state index contributed by atoms with van der Waals surface area (Å²) in [6, 6.07) is 13.3. The van der Waals surface area contributed by atoms with E-state index in [1.165, 1.54) is 5.69 Å². The number of aryl methyl sites for hydroxylation is 1. The van der Waals surface area contributed by atoms with E-state index in [1.54, 1.807) is 0 Å². The minimum atomic E-state index is -0.515. The van der Waals surface area contributed by atoms with Crippen LogP contribution in [0.3, 0.4) is 0 Å². The smallest absolute Gasteiger partial charge is 0.237 e. The fourth-order valence-electron chi connectivity index (χ4n) is 2.11. The van der Waals surface area contributed by atoms with Crippen LogP contribution in [0.2, 0.25) is 0 Å². The molecule has 0 saturated heterocycles. The van der Waals surface area contributed by atoms with Gasteiger partial charge in [-0.05, 0) is 31.0 Å². The van der Waals surface area contributed by atoms with Gasteiger partial charge in [-0.25, -0.2) is 0 Å². The third kappa shape index (κ3) is 3.48. The van der Waals surface area contributed by atoms with Crippen LogP contribution in [0.1, 0.15) is 17.0 Å². The third-order valence-corrected chi connectivity index (χ3v) is 3.56. The fraction of sp³-hybridized carbons (Fsp3) is 0.312. The molecule has 0 aliphatic carbocycles. The molecular formula is C16H21N3O. The molecule has 20 heavy (non-hydrogen) atoms. The molecule has 1 aromatic carbocycles. The van der Waals surface area contributed by atoms with Crippen molar-refractivity contribution in [2.75, 3.05) is 0 Å². The number of benzene rings is 1. The summed E-state index contributed by atoms with van der Waals surface area (Å²) in [7, 11) is 1.99. The number of nitrogens with one attached hydrogen (secondary N) is 1. The van der Waals surface area contributed by atoms with Crippen molar-refractivity contribution in [1.29, 1.82) is 0 Å². The summed E-state index contributed by atoms with van der Waals surface area (Å²) >= 11 is 0. The van der Waals surface area contributed by atoms with E-state index in [0.29, 0.717) is 13.0 Å². The lowest BCUT2D eigenvalue weighted by molar-refractivity contribution is -0.122. The standard InChI is InChI=1S/C16H21N3O/c1-12-8-9-14(19(12)2)11-18-16(20)15(17)10-13-6-4-3-5-7-13/h3-9,15H,10-11,17H2,1-2H3,(H,18,20)/t15-/m1/s1. The van der Waals surface area contributed by atoms with Crippen LogP contribution in [0.25, 0.3) is 0 Å². The molecule has 4 nitrogen and oxygen atoms in total. The lowest BCUT2D eigenvalue weighted by Crippen LogP contribution is -2.41. The van der Waals surface area contributed by atoms with E-state index in [0.717, 1.165) is 11.3 Å². The maximum atomic E-state index is 12.0. The Balaban J connectivity index is 1.87. The topological polar surface area (TPSA) is 60.1 Å². The highest BCUT2D eigenvalue weighted by atomic mass is 16.2. The van der Waals surface area contributed by atoms with Gasteiger partial charge in [-0.3, -0.25) is 4.79 Å².